The highest BCUT2D eigenvalue weighted by Crippen LogP contribution is 2.22. The molecule has 1 aromatic carbocycles. The van der Waals surface area contributed by atoms with Gasteiger partial charge < -0.3 is 10.0 Å². The third-order valence-electron chi connectivity index (χ3n) is 3.20. The minimum absolute atomic E-state index is 0.189. The van der Waals surface area contributed by atoms with E-state index in [-0.39, 0.29) is 11.9 Å². The second-order valence-corrected chi connectivity index (χ2v) is 6.81. The molecule has 1 N–H and O–H groups in total. The van der Waals surface area contributed by atoms with E-state index < -0.39 is 9.84 Å². The average Bonchev–Trinajstić information content (AvgIpc) is 2.76. The fourth-order valence-electron chi connectivity index (χ4n) is 2.23. The van der Waals surface area contributed by atoms with Gasteiger partial charge in [-0.1, -0.05) is 6.92 Å². The maximum absolute atomic E-state index is 11.9. The number of rotatable bonds is 4. The first kappa shape index (κ1) is 13.4. The third kappa shape index (κ3) is 2.84. The van der Waals surface area contributed by atoms with Crippen molar-refractivity contribution in [3.05, 3.63) is 24.3 Å². The van der Waals surface area contributed by atoms with Gasteiger partial charge in [0.15, 0.2) is 9.84 Å². The van der Waals surface area contributed by atoms with E-state index in [9.17, 15) is 13.5 Å². The van der Waals surface area contributed by atoms with Crippen molar-refractivity contribution in [1.29, 1.82) is 0 Å². The van der Waals surface area contributed by atoms with Crippen molar-refractivity contribution < 1.29 is 13.5 Å². The Hall–Kier alpha value is -1.07. The van der Waals surface area contributed by atoms with Gasteiger partial charge in [0.25, 0.3) is 0 Å². The lowest BCUT2D eigenvalue weighted by Gasteiger charge is -2.18. The molecule has 2 rings (SSSR count). The molecule has 0 amide bonds. The smallest absolute Gasteiger partial charge is 0.178 e. The fourth-order valence-corrected chi connectivity index (χ4v) is 3.55. The Morgan fingerprint density at radius 1 is 1.33 bits per heavy atom. The van der Waals surface area contributed by atoms with Crippen LogP contribution in [-0.4, -0.2) is 38.5 Å². The van der Waals surface area contributed by atoms with Crippen LogP contribution in [0.2, 0.25) is 0 Å². The van der Waals surface area contributed by atoms with Gasteiger partial charge in [0.2, 0.25) is 0 Å². The van der Waals surface area contributed by atoms with Crippen LogP contribution < -0.4 is 4.90 Å². The van der Waals surface area contributed by atoms with Gasteiger partial charge in [-0.05, 0) is 37.1 Å². The summed E-state index contributed by atoms with van der Waals surface area (Å²) in [5, 5.41) is 9.48. The summed E-state index contributed by atoms with van der Waals surface area (Å²) in [4.78, 5) is 2.45. The average molecular weight is 269 g/mol. The van der Waals surface area contributed by atoms with Gasteiger partial charge in [0.1, 0.15) is 0 Å². The van der Waals surface area contributed by atoms with E-state index in [2.05, 4.69) is 4.90 Å². The van der Waals surface area contributed by atoms with Gasteiger partial charge in [-0.15, -0.1) is 0 Å². The monoisotopic (exact) mass is 269 g/mol. The Bertz CT molecular complexity index is 495. The Labute approximate surface area is 108 Å². The molecule has 1 aliphatic heterocycles. The predicted octanol–water partition coefficient (Wildman–Crippen LogP) is 1.44. The maximum Gasteiger partial charge on any atom is 0.178 e. The predicted molar refractivity (Wildman–Crippen MR) is 71.6 cm³/mol. The van der Waals surface area contributed by atoms with Crippen LogP contribution in [-0.2, 0) is 9.84 Å². The van der Waals surface area contributed by atoms with Crippen LogP contribution in [0.25, 0.3) is 0 Å². The minimum Gasteiger partial charge on any atom is -0.391 e. The molecule has 0 radical (unpaired) electrons. The zero-order valence-corrected chi connectivity index (χ0v) is 11.4. The van der Waals surface area contributed by atoms with E-state index in [0.29, 0.717) is 17.9 Å². The lowest BCUT2D eigenvalue weighted by atomic mass is 10.3. The van der Waals surface area contributed by atoms with Gasteiger partial charge in [-0.25, -0.2) is 8.42 Å². The van der Waals surface area contributed by atoms with E-state index in [0.717, 1.165) is 18.7 Å². The Balaban J connectivity index is 2.15. The quantitative estimate of drug-likeness (QED) is 0.898. The summed E-state index contributed by atoms with van der Waals surface area (Å²) in [7, 11) is -3.13. The number of sulfone groups is 1. The summed E-state index contributed by atoms with van der Waals surface area (Å²) >= 11 is 0. The Morgan fingerprint density at radius 2 is 2.00 bits per heavy atom. The summed E-state index contributed by atoms with van der Waals surface area (Å²) in [6, 6.07) is 6.96. The number of β-amino-alcohol motifs (C(OH)–C–C–N with tert-alkyl or cyclic N) is 1. The lowest BCUT2D eigenvalue weighted by Crippen LogP contribution is -2.21. The molecule has 100 valence electrons. The molecule has 4 nitrogen and oxygen atoms in total. The van der Waals surface area contributed by atoms with Crippen LogP contribution in [0.15, 0.2) is 29.2 Å². The third-order valence-corrected chi connectivity index (χ3v) is 5.13. The van der Waals surface area contributed by atoms with Crippen LogP contribution in [0.5, 0.6) is 0 Å². The number of benzene rings is 1. The second kappa shape index (κ2) is 5.28. The molecule has 1 heterocycles. The Kier molecular flexibility index (Phi) is 3.92. The molecular weight excluding hydrogens is 250 g/mol. The van der Waals surface area contributed by atoms with Gasteiger partial charge in [0, 0.05) is 18.8 Å². The van der Waals surface area contributed by atoms with Crippen LogP contribution in [0.3, 0.4) is 0 Å². The summed E-state index contributed by atoms with van der Waals surface area (Å²) in [6.07, 6.45) is 1.13. The number of aliphatic hydroxyl groups is 1. The van der Waals surface area contributed by atoms with E-state index in [1.165, 1.54) is 0 Å². The van der Waals surface area contributed by atoms with E-state index in [1.54, 1.807) is 12.1 Å². The highest BCUT2D eigenvalue weighted by atomic mass is 32.2. The first-order valence-electron chi connectivity index (χ1n) is 6.29. The number of aliphatic hydroxyl groups excluding tert-OH is 1. The number of anilines is 1. The highest BCUT2D eigenvalue weighted by molar-refractivity contribution is 7.91. The molecule has 1 aromatic rings. The molecule has 0 bridgehead atoms. The van der Waals surface area contributed by atoms with Crippen LogP contribution in [0.1, 0.15) is 19.8 Å². The first-order chi connectivity index (χ1) is 8.53. The summed E-state index contributed by atoms with van der Waals surface area (Å²) in [5.74, 6) is 0.189. The molecule has 1 aliphatic rings. The van der Waals surface area contributed by atoms with E-state index >= 15 is 0 Å². The zero-order valence-electron chi connectivity index (χ0n) is 10.5. The molecule has 0 unspecified atom stereocenters. The molecule has 0 spiro atoms. The molecule has 18 heavy (non-hydrogen) atoms. The second-order valence-electron chi connectivity index (χ2n) is 4.70. The van der Waals surface area contributed by atoms with Crippen molar-refractivity contribution in [2.75, 3.05) is 23.7 Å². The molecular formula is C13H19NO3S. The van der Waals surface area contributed by atoms with Crippen LogP contribution >= 0.6 is 0 Å². The van der Waals surface area contributed by atoms with E-state index in [4.69, 9.17) is 0 Å². The van der Waals surface area contributed by atoms with Crippen LogP contribution in [0, 0.1) is 0 Å². The molecule has 5 heteroatoms. The Morgan fingerprint density at radius 3 is 2.50 bits per heavy atom. The minimum atomic E-state index is -3.13. The number of nitrogens with zero attached hydrogens (tertiary/aromatic N) is 1. The molecule has 1 atom stereocenters. The SMILES string of the molecule is CCCS(=O)(=O)c1ccc(N2CC[C@@H](O)C2)cc1. The topological polar surface area (TPSA) is 57.6 Å². The molecule has 0 saturated carbocycles. The highest BCUT2D eigenvalue weighted by Gasteiger charge is 2.21. The lowest BCUT2D eigenvalue weighted by molar-refractivity contribution is 0.198. The summed E-state index contributed by atoms with van der Waals surface area (Å²) in [6.45, 7) is 3.31. The van der Waals surface area contributed by atoms with Crippen LogP contribution in [0.4, 0.5) is 5.69 Å². The van der Waals surface area contributed by atoms with Crippen molar-refractivity contribution in [3.63, 3.8) is 0 Å². The number of hydrogen-bond acceptors (Lipinski definition) is 4. The molecule has 1 fully saturated rings. The summed E-state index contributed by atoms with van der Waals surface area (Å²) in [5.41, 5.74) is 0.974. The summed E-state index contributed by atoms with van der Waals surface area (Å²) < 4.78 is 23.7. The van der Waals surface area contributed by atoms with Crippen molar-refractivity contribution in [2.45, 2.75) is 30.8 Å². The molecule has 0 aromatic heterocycles. The van der Waals surface area contributed by atoms with Gasteiger partial charge >= 0.3 is 0 Å². The first-order valence-corrected chi connectivity index (χ1v) is 7.94. The van der Waals surface area contributed by atoms with E-state index in [1.807, 2.05) is 19.1 Å². The van der Waals surface area contributed by atoms with Crippen molar-refractivity contribution in [3.8, 4) is 0 Å². The number of hydrogen-bond donors (Lipinski definition) is 1. The standard InChI is InChI=1S/C13H19NO3S/c1-2-9-18(16,17)13-5-3-11(4-6-13)14-8-7-12(15)10-14/h3-6,12,15H,2,7-10H2,1H3/t12-/m1/s1. The molecule has 0 aliphatic carbocycles. The van der Waals surface area contributed by atoms with Crippen molar-refractivity contribution in [1.82, 2.24) is 0 Å². The van der Waals surface area contributed by atoms with Gasteiger partial charge in [-0.2, -0.15) is 0 Å². The van der Waals surface area contributed by atoms with Gasteiger partial charge in [0.05, 0.1) is 16.8 Å². The van der Waals surface area contributed by atoms with Gasteiger partial charge in [-0.3, -0.25) is 0 Å². The zero-order chi connectivity index (χ0) is 13.2. The fraction of sp³-hybridized carbons (Fsp3) is 0.538. The van der Waals surface area contributed by atoms with Crippen molar-refractivity contribution >= 4 is 15.5 Å². The normalized spacial score (nSPS) is 20.3. The van der Waals surface area contributed by atoms with Crippen molar-refractivity contribution in [2.24, 2.45) is 0 Å². The molecule has 1 saturated heterocycles. The largest absolute Gasteiger partial charge is 0.391 e. The maximum atomic E-state index is 11.9.